The van der Waals surface area contributed by atoms with Gasteiger partial charge in [-0.05, 0) is 15.9 Å². The third-order valence-electron chi connectivity index (χ3n) is 2.31. The lowest BCUT2D eigenvalue weighted by Crippen LogP contribution is -2.48. The monoisotopic (exact) mass is 316 g/mol. The highest BCUT2D eigenvalue weighted by molar-refractivity contribution is 9.10. The summed E-state index contributed by atoms with van der Waals surface area (Å²) in [5.74, 6) is 0.646. The van der Waals surface area contributed by atoms with E-state index in [1.807, 2.05) is 4.90 Å². The molecular weight excluding hydrogens is 304 g/mol. The Morgan fingerprint density at radius 2 is 2.11 bits per heavy atom. The number of rotatable bonds is 5. The smallest absolute Gasteiger partial charge is 0.226 e. The van der Waals surface area contributed by atoms with Crippen molar-refractivity contribution in [2.24, 2.45) is 5.16 Å². The van der Waals surface area contributed by atoms with Crippen LogP contribution in [0, 0.1) is 0 Å². The van der Waals surface area contributed by atoms with Crippen molar-refractivity contribution in [2.45, 2.75) is 6.10 Å². The molecule has 1 atom stereocenters. The number of nitrogens with zero attached hydrogens (tertiary/aromatic N) is 4. The normalized spacial score (nSPS) is 16.2. The van der Waals surface area contributed by atoms with Gasteiger partial charge in [0, 0.05) is 12.4 Å². The Morgan fingerprint density at radius 3 is 2.72 bits per heavy atom. The molecule has 98 valence electrons. The SMILES string of the molecule is OCC(O)CON=C1CN(c2ncc(Br)cn2)C1. The van der Waals surface area contributed by atoms with Crippen molar-refractivity contribution in [3.8, 4) is 0 Å². The van der Waals surface area contributed by atoms with Gasteiger partial charge >= 0.3 is 0 Å². The number of aliphatic hydroxyl groups excluding tert-OH is 2. The van der Waals surface area contributed by atoms with Gasteiger partial charge in [-0.2, -0.15) is 0 Å². The van der Waals surface area contributed by atoms with E-state index in [0.29, 0.717) is 19.0 Å². The molecule has 0 spiro atoms. The fourth-order valence-corrected chi connectivity index (χ4v) is 1.53. The van der Waals surface area contributed by atoms with Crippen LogP contribution in [0.4, 0.5) is 5.95 Å². The molecule has 8 heteroatoms. The summed E-state index contributed by atoms with van der Waals surface area (Å²) in [7, 11) is 0. The largest absolute Gasteiger partial charge is 0.394 e. The topological polar surface area (TPSA) is 91.1 Å². The molecule has 2 N–H and O–H groups in total. The molecule has 0 aliphatic carbocycles. The van der Waals surface area contributed by atoms with Gasteiger partial charge in [-0.15, -0.1) is 0 Å². The van der Waals surface area contributed by atoms with Gasteiger partial charge < -0.3 is 20.0 Å². The molecule has 1 aromatic rings. The maximum absolute atomic E-state index is 9.04. The Bertz CT molecular complexity index is 418. The quantitative estimate of drug-likeness (QED) is 0.730. The van der Waals surface area contributed by atoms with Gasteiger partial charge in [0.15, 0.2) is 0 Å². The average Bonchev–Trinajstić information content (AvgIpc) is 2.33. The lowest BCUT2D eigenvalue weighted by atomic mass is 10.2. The summed E-state index contributed by atoms with van der Waals surface area (Å²) in [6.07, 6.45) is 2.48. The van der Waals surface area contributed by atoms with Crippen molar-refractivity contribution in [2.75, 3.05) is 31.2 Å². The molecule has 0 bridgehead atoms. The number of hydrogen-bond acceptors (Lipinski definition) is 7. The molecule has 0 aromatic carbocycles. The van der Waals surface area contributed by atoms with Crippen LogP contribution < -0.4 is 4.90 Å². The molecule has 1 unspecified atom stereocenters. The number of aromatic nitrogens is 2. The van der Waals surface area contributed by atoms with Crippen molar-refractivity contribution in [3.63, 3.8) is 0 Å². The molecule has 18 heavy (non-hydrogen) atoms. The number of anilines is 1. The average molecular weight is 317 g/mol. The van der Waals surface area contributed by atoms with Gasteiger partial charge in [0.05, 0.1) is 29.9 Å². The van der Waals surface area contributed by atoms with Gasteiger partial charge in [0.25, 0.3) is 0 Å². The van der Waals surface area contributed by atoms with Crippen molar-refractivity contribution in [3.05, 3.63) is 16.9 Å². The van der Waals surface area contributed by atoms with E-state index in [-0.39, 0.29) is 13.2 Å². The van der Waals surface area contributed by atoms with Crippen molar-refractivity contribution in [1.82, 2.24) is 9.97 Å². The molecular formula is C10H13BrN4O3. The second kappa shape index (κ2) is 6.07. The summed E-state index contributed by atoms with van der Waals surface area (Å²) in [4.78, 5) is 15.1. The Balaban J connectivity index is 1.76. The van der Waals surface area contributed by atoms with E-state index in [0.717, 1.165) is 10.2 Å². The molecule has 7 nitrogen and oxygen atoms in total. The van der Waals surface area contributed by atoms with E-state index in [1.54, 1.807) is 12.4 Å². The Kier molecular flexibility index (Phi) is 4.45. The Labute approximate surface area is 112 Å². The molecule has 1 aromatic heterocycles. The molecule has 2 heterocycles. The van der Waals surface area contributed by atoms with Crippen LogP contribution in [-0.2, 0) is 4.84 Å². The summed E-state index contributed by atoms with van der Waals surface area (Å²) in [6.45, 7) is 0.881. The second-order valence-electron chi connectivity index (χ2n) is 3.85. The molecule has 1 aliphatic heterocycles. The van der Waals surface area contributed by atoms with Crippen LogP contribution in [0.3, 0.4) is 0 Å². The highest BCUT2D eigenvalue weighted by atomic mass is 79.9. The zero-order valence-corrected chi connectivity index (χ0v) is 11.1. The molecule has 2 rings (SSSR count). The molecule has 0 saturated carbocycles. The first kappa shape index (κ1) is 13.2. The minimum atomic E-state index is -0.889. The van der Waals surface area contributed by atoms with E-state index >= 15 is 0 Å². The first-order chi connectivity index (χ1) is 8.69. The van der Waals surface area contributed by atoms with Crippen LogP contribution in [0.1, 0.15) is 0 Å². The zero-order valence-electron chi connectivity index (χ0n) is 9.53. The molecule has 0 amide bonds. The van der Waals surface area contributed by atoms with Crippen LogP contribution in [-0.4, -0.2) is 58.3 Å². The fraction of sp³-hybridized carbons (Fsp3) is 0.500. The predicted octanol–water partition coefficient (Wildman–Crippen LogP) is -0.215. The van der Waals surface area contributed by atoms with E-state index in [9.17, 15) is 0 Å². The predicted molar refractivity (Wildman–Crippen MR) is 68.4 cm³/mol. The second-order valence-corrected chi connectivity index (χ2v) is 4.76. The lowest BCUT2D eigenvalue weighted by molar-refractivity contribution is 0.00789. The minimum Gasteiger partial charge on any atom is -0.394 e. The van der Waals surface area contributed by atoms with Crippen LogP contribution in [0.2, 0.25) is 0 Å². The van der Waals surface area contributed by atoms with Crippen molar-refractivity contribution < 1.29 is 15.1 Å². The standard InChI is InChI=1S/C10H13BrN4O3/c11-7-1-12-10(13-2-7)15-3-8(4-15)14-18-6-9(17)5-16/h1-2,9,16-17H,3-6H2. The molecule has 1 saturated heterocycles. The number of aliphatic hydroxyl groups is 2. The van der Waals surface area contributed by atoms with E-state index in [4.69, 9.17) is 15.1 Å². The Hall–Kier alpha value is -1.25. The summed E-state index contributed by atoms with van der Waals surface area (Å²) < 4.78 is 0.835. The van der Waals surface area contributed by atoms with Gasteiger partial charge in [0.2, 0.25) is 5.95 Å². The van der Waals surface area contributed by atoms with E-state index in [2.05, 4.69) is 31.1 Å². The summed E-state index contributed by atoms with van der Waals surface area (Å²) in [5.41, 5.74) is 0.853. The third-order valence-corrected chi connectivity index (χ3v) is 2.72. The van der Waals surface area contributed by atoms with Crippen molar-refractivity contribution in [1.29, 1.82) is 0 Å². The molecule has 1 aliphatic rings. The van der Waals surface area contributed by atoms with Crippen LogP contribution in [0.15, 0.2) is 22.0 Å². The zero-order chi connectivity index (χ0) is 13.0. The van der Waals surface area contributed by atoms with Gasteiger partial charge in [-0.3, -0.25) is 0 Å². The van der Waals surface area contributed by atoms with Crippen molar-refractivity contribution >= 4 is 27.6 Å². The maximum atomic E-state index is 9.04. The Morgan fingerprint density at radius 1 is 1.44 bits per heavy atom. The first-order valence-corrected chi connectivity index (χ1v) is 6.17. The van der Waals surface area contributed by atoms with Gasteiger partial charge in [-0.1, -0.05) is 5.16 Å². The number of oxime groups is 1. The number of hydrogen-bond donors (Lipinski definition) is 2. The van der Waals surface area contributed by atoms with Crippen LogP contribution >= 0.6 is 15.9 Å². The van der Waals surface area contributed by atoms with Crippen LogP contribution in [0.5, 0.6) is 0 Å². The van der Waals surface area contributed by atoms with Crippen LogP contribution in [0.25, 0.3) is 0 Å². The number of halogens is 1. The summed E-state index contributed by atoms with van der Waals surface area (Å²) in [5, 5.41) is 21.5. The summed E-state index contributed by atoms with van der Waals surface area (Å²) in [6, 6.07) is 0. The highest BCUT2D eigenvalue weighted by Crippen LogP contribution is 2.15. The lowest BCUT2D eigenvalue weighted by Gasteiger charge is -2.31. The van der Waals surface area contributed by atoms with Gasteiger partial charge in [0.1, 0.15) is 12.7 Å². The van der Waals surface area contributed by atoms with E-state index in [1.165, 1.54) is 0 Å². The molecule has 0 radical (unpaired) electrons. The maximum Gasteiger partial charge on any atom is 0.226 e. The minimum absolute atomic E-state index is 0.00517. The summed E-state index contributed by atoms with van der Waals surface area (Å²) >= 11 is 3.27. The third kappa shape index (κ3) is 3.37. The highest BCUT2D eigenvalue weighted by Gasteiger charge is 2.24. The van der Waals surface area contributed by atoms with E-state index < -0.39 is 6.10 Å². The first-order valence-electron chi connectivity index (χ1n) is 5.38. The fourth-order valence-electron chi connectivity index (χ4n) is 1.33. The van der Waals surface area contributed by atoms with Gasteiger partial charge in [-0.25, -0.2) is 9.97 Å². The molecule has 1 fully saturated rings.